The van der Waals surface area contributed by atoms with Crippen LogP contribution < -0.4 is 5.73 Å². The molecule has 3 nitrogen and oxygen atoms in total. The van der Waals surface area contributed by atoms with Gasteiger partial charge in [-0.25, -0.2) is 0 Å². The maximum Gasteiger partial charge on any atom is 0.239 e. The average Bonchev–Trinajstić information content (AvgIpc) is 2.46. The van der Waals surface area contributed by atoms with E-state index in [4.69, 9.17) is 5.73 Å². The number of nitrogens with zero attached hydrogens (tertiary/aromatic N) is 1. The lowest BCUT2D eigenvalue weighted by atomic mass is 9.84. The molecule has 2 atom stereocenters. The van der Waals surface area contributed by atoms with Crippen molar-refractivity contribution in [3.05, 3.63) is 35.9 Å². The fraction of sp³-hybridized carbons (Fsp3) is 0.611. The van der Waals surface area contributed by atoms with Gasteiger partial charge in [0.25, 0.3) is 0 Å². The summed E-state index contributed by atoms with van der Waals surface area (Å²) in [5.74, 6) is 0.772. The average molecular weight is 325 g/mol. The molecule has 1 saturated carbocycles. The number of amides is 1. The summed E-state index contributed by atoms with van der Waals surface area (Å²) in [5, 5.41) is 0. The molecule has 2 N–H and O–H groups in total. The van der Waals surface area contributed by atoms with Crippen molar-refractivity contribution < 1.29 is 4.79 Å². The largest absolute Gasteiger partial charge is 0.334 e. The van der Waals surface area contributed by atoms with Crippen LogP contribution >= 0.6 is 12.4 Å². The first kappa shape index (κ1) is 19.0. The number of nitrogens with two attached hydrogens (primary N) is 1. The van der Waals surface area contributed by atoms with Crippen LogP contribution in [0.15, 0.2) is 30.3 Å². The van der Waals surface area contributed by atoms with Gasteiger partial charge in [-0.2, -0.15) is 0 Å². The van der Waals surface area contributed by atoms with Crippen molar-refractivity contribution in [3.8, 4) is 0 Å². The molecule has 1 aromatic carbocycles. The van der Waals surface area contributed by atoms with Crippen molar-refractivity contribution in [3.63, 3.8) is 0 Å². The van der Waals surface area contributed by atoms with Gasteiger partial charge in [0.15, 0.2) is 0 Å². The van der Waals surface area contributed by atoms with Crippen molar-refractivity contribution in [1.29, 1.82) is 0 Å². The first-order valence-electron chi connectivity index (χ1n) is 8.24. The van der Waals surface area contributed by atoms with E-state index in [9.17, 15) is 4.79 Å². The van der Waals surface area contributed by atoms with Gasteiger partial charge in [-0.15, -0.1) is 12.4 Å². The Morgan fingerprint density at radius 2 is 1.95 bits per heavy atom. The lowest BCUT2D eigenvalue weighted by molar-refractivity contribution is -0.136. The zero-order chi connectivity index (χ0) is 15.2. The summed E-state index contributed by atoms with van der Waals surface area (Å²) in [6.07, 6.45) is 5.50. The van der Waals surface area contributed by atoms with Crippen LogP contribution in [0.25, 0.3) is 0 Å². The van der Waals surface area contributed by atoms with Crippen molar-refractivity contribution >= 4 is 18.3 Å². The molecule has 1 amide bonds. The maximum atomic E-state index is 12.7. The summed E-state index contributed by atoms with van der Waals surface area (Å²) in [6.45, 7) is 5.04. The molecule has 0 aromatic heterocycles. The Balaban J connectivity index is 0.00000242. The molecule has 1 aromatic rings. The number of halogens is 1. The summed E-state index contributed by atoms with van der Waals surface area (Å²) in [5.41, 5.74) is 7.28. The third-order valence-electron chi connectivity index (χ3n) is 4.63. The van der Waals surface area contributed by atoms with Crippen molar-refractivity contribution in [2.24, 2.45) is 11.7 Å². The van der Waals surface area contributed by atoms with Gasteiger partial charge in [0, 0.05) is 6.54 Å². The molecule has 1 fully saturated rings. The van der Waals surface area contributed by atoms with E-state index in [1.807, 2.05) is 23.1 Å². The summed E-state index contributed by atoms with van der Waals surface area (Å²) in [4.78, 5) is 14.7. The first-order chi connectivity index (χ1) is 10.1. The van der Waals surface area contributed by atoms with Crippen LogP contribution in [0.5, 0.6) is 0 Å². The van der Waals surface area contributed by atoms with Gasteiger partial charge in [0.1, 0.15) is 0 Å². The minimum atomic E-state index is -0.360. The zero-order valence-corrected chi connectivity index (χ0v) is 14.5. The van der Waals surface area contributed by atoms with Crippen LogP contribution in [0.4, 0.5) is 0 Å². The van der Waals surface area contributed by atoms with Crippen LogP contribution in [-0.4, -0.2) is 23.4 Å². The van der Waals surface area contributed by atoms with Gasteiger partial charge in [0.05, 0.1) is 12.1 Å². The molecule has 0 radical (unpaired) electrons. The van der Waals surface area contributed by atoms with Gasteiger partial charge in [-0.3, -0.25) is 4.79 Å². The molecule has 4 heteroatoms. The molecular formula is C18H29ClN2O. The molecular weight excluding hydrogens is 296 g/mol. The minimum Gasteiger partial charge on any atom is -0.334 e. The topological polar surface area (TPSA) is 46.3 Å². The summed E-state index contributed by atoms with van der Waals surface area (Å²) in [6, 6.07) is 10.0. The molecule has 22 heavy (non-hydrogen) atoms. The highest BCUT2D eigenvalue weighted by Crippen LogP contribution is 2.31. The molecule has 2 unspecified atom stereocenters. The van der Waals surface area contributed by atoms with Gasteiger partial charge in [-0.1, -0.05) is 50.1 Å². The molecule has 0 bridgehead atoms. The number of carbonyl (C=O) groups is 1. The predicted octanol–water partition coefficient (Wildman–Crippen LogP) is 3.93. The van der Waals surface area contributed by atoms with Crippen LogP contribution in [0.2, 0.25) is 0 Å². The van der Waals surface area contributed by atoms with E-state index in [1.54, 1.807) is 0 Å². The molecule has 0 saturated heterocycles. The number of benzene rings is 1. The van der Waals surface area contributed by atoms with E-state index >= 15 is 0 Å². The lowest BCUT2D eigenvalue weighted by Gasteiger charge is -2.37. The third kappa shape index (κ3) is 4.72. The number of hydrogen-bond donors (Lipinski definition) is 1. The fourth-order valence-electron chi connectivity index (χ4n) is 2.95. The predicted molar refractivity (Wildman–Crippen MR) is 94.0 cm³/mol. The third-order valence-corrected chi connectivity index (χ3v) is 4.63. The second-order valence-electron chi connectivity index (χ2n) is 6.27. The maximum absolute atomic E-state index is 12.7. The highest BCUT2D eigenvalue weighted by Gasteiger charge is 2.30. The smallest absolute Gasteiger partial charge is 0.239 e. The van der Waals surface area contributed by atoms with Crippen molar-refractivity contribution in [2.45, 2.75) is 58.0 Å². The Labute approximate surface area is 140 Å². The Morgan fingerprint density at radius 1 is 1.32 bits per heavy atom. The lowest BCUT2D eigenvalue weighted by Crippen LogP contribution is -2.47. The molecule has 124 valence electrons. The van der Waals surface area contributed by atoms with Gasteiger partial charge in [0.2, 0.25) is 5.91 Å². The second kappa shape index (κ2) is 9.16. The molecule has 2 rings (SSSR count). The van der Waals surface area contributed by atoms with E-state index in [2.05, 4.69) is 26.0 Å². The molecule has 1 aliphatic carbocycles. The Morgan fingerprint density at radius 3 is 2.45 bits per heavy atom. The molecule has 0 aliphatic heterocycles. The minimum absolute atomic E-state index is 0. The molecule has 0 spiro atoms. The van der Waals surface area contributed by atoms with Gasteiger partial charge < -0.3 is 10.6 Å². The monoisotopic (exact) mass is 324 g/mol. The van der Waals surface area contributed by atoms with Gasteiger partial charge >= 0.3 is 0 Å². The summed E-state index contributed by atoms with van der Waals surface area (Å²) >= 11 is 0. The second-order valence-corrected chi connectivity index (χ2v) is 6.27. The zero-order valence-electron chi connectivity index (χ0n) is 13.7. The number of rotatable bonds is 7. The summed E-state index contributed by atoms with van der Waals surface area (Å²) in [7, 11) is 0. The highest BCUT2D eigenvalue weighted by molar-refractivity contribution is 5.85. The van der Waals surface area contributed by atoms with Crippen LogP contribution in [-0.2, 0) is 4.79 Å². The molecule has 0 heterocycles. The van der Waals surface area contributed by atoms with Gasteiger partial charge in [-0.05, 0) is 37.7 Å². The standard InChI is InChI=1S/C18H28N2O.ClH/c1-3-8-17(19)18(21)20(13-15-9-7-10-15)14(2)16-11-5-4-6-12-16;/h4-6,11-12,14-15,17H,3,7-10,13,19H2,1-2H3;1H. The highest BCUT2D eigenvalue weighted by atomic mass is 35.5. The Kier molecular flexibility index (Phi) is 7.91. The normalized spacial score (nSPS) is 17.0. The quantitative estimate of drug-likeness (QED) is 0.826. The van der Waals surface area contributed by atoms with E-state index < -0.39 is 0 Å². The van der Waals surface area contributed by atoms with Crippen LogP contribution in [0.3, 0.4) is 0 Å². The van der Waals surface area contributed by atoms with Crippen LogP contribution in [0, 0.1) is 5.92 Å². The molecule has 1 aliphatic rings. The Bertz CT molecular complexity index is 448. The van der Waals surface area contributed by atoms with E-state index in [-0.39, 0.29) is 30.4 Å². The van der Waals surface area contributed by atoms with E-state index in [0.29, 0.717) is 5.92 Å². The fourth-order valence-corrected chi connectivity index (χ4v) is 2.95. The van der Waals surface area contributed by atoms with Crippen LogP contribution in [0.1, 0.15) is 57.6 Å². The SMILES string of the molecule is CCCC(N)C(=O)N(CC1CCC1)C(C)c1ccccc1.Cl. The van der Waals surface area contributed by atoms with E-state index in [0.717, 1.165) is 19.4 Å². The Hall–Kier alpha value is -1.06. The number of carbonyl (C=O) groups excluding carboxylic acids is 1. The first-order valence-corrected chi connectivity index (χ1v) is 8.24. The summed E-state index contributed by atoms with van der Waals surface area (Å²) < 4.78 is 0. The van der Waals surface area contributed by atoms with E-state index in [1.165, 1.54) is 24.8 Å². The van der Waals surface area contributed by atoms with Crippen molar-refractivity contribution in [2.75, 3.05) is 6.54 Å². The number of hydrogen-bond acceptors (Lipinski definition) is 2. The van der Waals surface area contributed by atoms with Crippen molar-refractivity contribution in [1.82, 2.24) is 4.90 Å².